The summed E-state index contributed by atoms with van der Waals surface area (Å²) >= 11 is 0. The molecule has 0 spiro atoms. The lowest BCUT2D eigenvalue weighted by Gasteiger charge is -2.12. The van der Waals surface area contributed by atoms with E-state index >= 15 is 0 Å². The predicted octanol–water partition coefficient (Wildman–Crippen LogP) is 3.45. The van der Waals surface area contributed by atoms with Gasteiger partial charge in [-0.15, -0.1) is 0 Å². The van der Waals surface area contributed by atoms with Gasteiger partial charge in [0.05, 0.1) is 19.9 Å². The number of methoxy groups -OCH3 is 2. The van der Waals surface area contributed by atoms with Crippen LogP contribution in [0.4, 0.5) is 0 Å². The number of carbonyl (C=O) groups is 1. The first-order chi connectivity index (χ1) is 13.2. The molecular weight excluding hydrogens is 342 g/mol. The summed E-state index contributed by atoms with van der Waals surface area (Å²) in [6.45, 7) is 0. The minimum Gasteiger partial charge on any atom is -0.497 e. The monoisotopic (exact) mass is 363 g/mol. The van der Waals surface area contributed by atoms with Gasteiger partial charge in [-0.2, -0.15) is 5.10 Å². The number of aromatic nitrogens is 2. The van der Waals surface area contributed by atoms with Gasteiger partial charge < -0.3 is 14.8 Å². The van der Waals surface area contributed by atoms with Crippen LogP contribution < -0.4 is 14.8 Å². The molecule has 1 heterocycles. The lowest BCUT2D eigenvalue weighted by atomic mass is 10.1. The standard InChI is InChI=1S/C21H21N3O3/c1-26-16-11-7-14(8-12-16)19-13-17(21(25)22-15-9-10-15)23-24(19)18-5-3-4-6-20(18)27-2/h3-8,11-13,15H,9-10H2,1-2H3,(H,22,25). The molecule has 1 aromatic heterocycles. The SMILES string of the molecule is COc1ccc(-c2cc(C(=O)NC3CC3)nn2-c2ccccc2OC)cc1. The zero-order valence-corrected chi connectivity index (χ0v) is 15.3. The van der Waals surface area contributed by atoms with Gasteiger partial charge in [-0.1, -0.05) is 12.1 Å². The lowest BCUT2D eigenvalue weighted by molar-refractivity contribution is 0.0945. The highest BCUT2D eigenvalue weighted by atomic mass is 16.5. The molecule has 1 amide bonds. The van der Waals surface area contributed by atoms with Crippen molar-refractivity contribution in [2.75, 3.05) is 14.2 Å². The molecule has 1 N–H and O–H groups in total. The predicted molar refractivity (Wildman–Crippen MR) is 103 cm³/mol. The van der Waals surface area contributed by atoms with Crippen molar-refractivity contribution in [2.24, 2.45) is 0 Å². The third kappa shape index (κ3) is 3.51. The molecule has 6 heteroatoms. The molecule has 1 aliphatic rings. The van der Waals surface area contributed by atoms with Crippen molar-refractivity contribution < 1.29 is 14.3 Å². The van der Waals surface area contributed by atoms with Crippen LogP contribution in [0.15, 0.2) is 54.6 Å². The molecule has 6 nitrogen and oxygen atoms in total. The van der Waals surface area contributed by atoms with Crippen LogP contribution in [-0.4, -0.2) is 35.9 Å². The summed E-state index contributed by atoms with van der Waals surface area (Å²) in [7, 11) is 3.25. The third-order valence-electron chi connectivity index (χ3n) is 4.55. The van der Waals surface area contributed by atoms with Crippen LogP contribution in [0.2, 0.25) is 0 Å². The first kappa shape index (κ1) is 17.1. The fraction of sp³-hybridized carbons (Fsp3) is 0.238. The van der Waals surface area contributed by atoms with Crippen LogP contribution >= 0.6 is 0 Å². The summed E-state index contributed by atoms with van der Waals surface area (Å²) in [5, 5.41) is 7.58. The van der Waals surface area contributed by atoms with Crippen LogP contribution in [0.5, 0.6) is 11.5 Å². The fourth-order valence-electron chi connectivity index (χ4n) is 2.93. The molecule has 27 heavy (non-hydrogen) atoms. The number of benzene rings is 2. The van der Waals surface area contributed by atoms with Crippen molar-refractivity contribution in [3.05, 3.63) is 60.3 Å². The Morgan fingerprint density at radius 3 is 2.48 bits per heavy atom. The van der Waals surface area contributed by atoms with Gasteiger partial charge in [0.15, 0.2) is 5.69 Å². The largest absolute Gasteiger partial charge is 0.497 e. The smallest absolute Gasteiger partial charge is 0.272 e. The number of nitrogens with zero attached hydrogens (tertiary/aromatic N) is 2. The van der Waals surface area contributed by atoms with E-state index in [1.807, 2.05) is 54.6 Å². The number of ether oxygens (including phenoxy) is 2. The number of carbonyl (C=O) groups excluding carboxylic acids is 1. The van der Waals surface area contributed by atoms with Gasteiger partial charge in [0.25, 0.3) is 5.91 Å². The molecule has 138 valence electrons. The molecule has 0 aliphatic heterocycles. The van der Waals surface area contributed by atoms with E-state index in [0.29, 0.717) is 11.4 Å². The van der Waals surface area contributed by atoms with Crippen LogP contribution in [0.3, 0.4) is 0 Å². The molecule has 0 saturated heterocycles. The second kappa shape index (κ2) is 7.15. The second-order valence-corrected chi connectivity index (χ2v) is 6.47. The maximum Gasteiger partial charge on any atom is 0.272 e. The molecule has 0 bridgehead atoms. The van der Waals surface area contributed by atoms with E-state index < -0.39 is 0 Å². The Morgan fingerprint density at radius 2 is 1.81 bits per heavy atom. The van der Waals surface area contributed by atoms with Gasteiger partial charge in [-0.3, -0.25) is 4.79 Å². The van der Waals surface area contributed by atoms with Crippen molar-refractivity contribution in [2.45, 2.75) is 18.9 Å². The molecule has 0 radical (unpaired) electrons. The Bertz CT molecular complexity index is 959. The van der Waals surface area contributed by atoms with E-state index in [1.54, 1.807) is 18.9 Å². The van der Waals surface area contributed by atoms with Crippen molar-refractivity contribution in [1.29, 1.82) is 0 Å². The lowest BCUT2D eigenvalue weighted by Crippen LogP contribution is -2.25. The molecule has 1 saturated carbocycles. The summed E-state index contributed by atoms with van der Waals surface area (Å²) in [5.41, 5.74) is 2.90. The van der Waals surface area contributed by atoms with Crippen LogP contribution in [0, 0.1) is 0 Å². The maximum atomic E-state index is 12.5. The number of para-hydroxylation sites is 2. The Hall–Kier alpha value is -3.28. The quantitative estimate of drug-likeness (QED) is 0.728. The number of hydrogen-bond donors (Lipinski definition) is 1. The van der Waals surface area contributed by atoms with E-state index in [0.717, 1.165) is 35.5 Å². The first-order valence-corrected chi connectivity index (χ1v) is 8.88. The van der Waals surface area contributed by atoms with Gasteiger partial charge in [0.1, 0.15) is 17.2 Å². The Balaban J connectivity index is 1.81. The summed E-state index contributed by atoms with van der Waals surface area (Å²) in [4.78, 5) is 12.5. The van der Waals surface area contributed by atoms with Gasteiger partial charge in [0, 0.05) is 11.6 Å². The molecule has 3 aromatic rings. The van der Waals surface area contributed by atoms with E-state index in [4.69, 9.17) is 9.47 Å². The first-order valence-electron chi connectivity index (χ1n) is 8.88. The van der Waals surface area contributed by atoms with Crippen LogP contribution in [0.1, 0.15) is 23.3 Å². The van der Waals surface area contributed by atoms with Crippen molar-refractivity contribution in [1.82, 2.24) is 15.1 Å². The number of amides is 1. The van der Waals surface area contributed by atoms with Gasteiger partial charge >= 0.3 is 0 Å². The molecule has 1 aliphatic carbocycles. The highest BCUT2D eigenvalue weighted by molar-refractivity contribution is 5.94. The Kier molecular flexibility index (Phi) is 4.54. The summed E-state index contributed by atoms with van der Waals surface area (Å²) < 4.78 is 12.5. The van der Waals surface area contributed by atoms with Crippen molar-refractivity contribution in [3.8, 4) is 28.4 Å². The topological polar surface area (TPSA) is 65.4 Å². The third-order valence-corrected chi connectivity index (χ3v) is 4.55. The molecule has 4 rings (SSSR count). The molecule has 1 fully saturated rings. The molecular formula is C21H21N3O3. The number of hydrogen-bond acceptors (Lipinski definition) is 4. The maximum absolute atomic E-state index is 12.5. The van der Waals surface area contributed by atoms with Crippen molar-refractivity contribution >= 4 is 5.91 Å². The molecule has 0 atom stereocenters. The Morgan fingerprint density at radius 1 is 1.07 bits per heavy atom. The van der Waals surface area contributed by atoms with Crippen LogP contribution in [-0.2, 0) is 0 Å². The molecule has 2 aromatic carbocycles. The zero-order valence-electron chi connectivity index (χ0n) is 15.3. The average molecular weight is 363 g/mol. The second-order valence-electron chi connectivity index (χ2n) is 6.47. The van der Waals surface area contributed by atoms with Crippen molar-refractivity contribution in [3.63, 3.8) is 0 Å². The van der Waals surface area contributed by atoms with Crippen LogP contribution in [0.25, 0.3) is 16.9 Å². The number of rotatable bonds is 6. The summed E-state index contributed by atoms with van der Waals surface area (Å²) in [5.74, 6) is 1.30. The minimum absolute atomic E-state index is 0.152. The van der Waals surface area contributed by atoms with E-state index in [-0.39, 0.29) is 11.9 Å². The highest BCUT2D eigenvalue weighted by Crippen LogP contribution is 2.30. The van der Waals surface area contributed by atoms with Gasteiger partial charge in [-0.25, -0.2) is 4.68 Å². The van der Waals surface area contributed by atoms with E-state index in [1.165, 1.54) is 0 Å². The average Bonchev–Trinajstić information content (AvgIpc) is 3.42. The minimum atomic E-state index is -0.152. The van der Waals surface area contributed by atoms with E-state index in [2.05, 4.69) is 10.4 Å². The highest BCUT2D eigenvalue weighted by Gasteiger charge is 2.26. The van der Waals surface area contributed by atoms with Gasteiger partial charge in [0.2, 0.25) is 0 Å². The van der Waals surface area contributed by atoms with E-state index in [9.17, 15) is 4.79 Å². The number of nitrogens with one attached hydrogen (secondary N) is 1. The fourth-order valence-corrected chi connectivity index (χ4v) is 2.93. The summed E-state index contributed by atoms with van der Waals surface area (Å²) in [6.07, 6.45) is 2.06. The normalized spacial score (nSPS) is 13.3. The van der Waals surface area contributed by atoms with Gasteiger partial charge in [-0.05, 0) is 55.3 Å². The zero-order chi connectivity index (χ0) is 18.8. The molecule has 0 unspecified atom stereocenters. The Labute approximate surface area is 157 Å². The summed E-state index contributed by atoms with van der Waals surface area (Å²) in [6, 6.07) is 17.4.